The van der Waals surface area contributed by atoms with Gasteiger partial charge in [0.25, 0.3) is 0 Å². The lowest BCUT2D eigenvalue weighted by molar-refractivity contribution is -0.137. The molecule has 1 saturated heterocycles. The van der Waals surface area contributed by atoms with Gasteiger partial charge in [-0.05, 0) is 44.0 Å². The largest absolute Gasteiger partial charge is 0.416 e. The van der Waals surface area contributed by atoms with Crippen LogP contribution >= 0.6 is 0 Å². The smallest absolute Gasteiger partial charge is 0.348 e. The summed E-state index contributed by atoms with van der Waals surface area (Å²) in [6.45, 7) is 2.59. The second-order valence-corrected chi connectivity index (χ2v) is 5.35. The van der Waals surface area contributed by atoms with Crippen LogP contribution < -0.4 is 10.6 Å². The first-order chi connectivity index (χ1) is 9.88. The van der Waals surface area contributed by atoms with Gasteiger partial charge in [-0.3, -0.25) is 4.79 Å². The Bertz CT molecular complexity index is 479. The third kappa shape index (κ3) is 4.20. The molecule has 1 unspecified atom stereocenters. The average molecular weight is 300 g/mol. The molecule has 2 N–H and O–H groups in total. The fourth-order valence-electron chi connectivity index (χ4n) is 2.43. The van der Waals surface area contributed by atoms with Crippen molar-refractivity contribution in [1.82, 2.24) is 10.6 Å². The summed E-state index contributed by atoms with van der Waals surface area (Å²) >= 11 is 0. The predicted molar refractivity (Wildman–Crippen MR) is 73.6 cm³/mol. The molecule has 116 valence electrons. The number of hydrogen-bond acceptors (Lipinski definition) is 2. The molecule has 0 bridgehead atoms. The van der Waals surface area contributed by atoms with Crippen molar-refractivity contribution < 1.29 is 18.0 Å². The lowest BCUT2D eigenvalue weighted by atomic mass is 10.0. The highest BCUT2D eigenvalue weighted by atomic mass is 19.4. The molecular formula is C15H19F3N2O. The van der Waals surface area contributed by atoms with E-state index >= 15 is 0 Å². The van der Waals surface area contributed by atoms with Gasteiger partial charge in [-0.2, -0.15) is 13.2 Å². The van der Waals surface area contributed by atoms with Crippen molar-refractivity contribution in [3.8, 4) is 0 Å². The number of alkyl halides is 3. The van der Waals surface area contributed by atoms with Gasteiger partial charge >= 0.3 is 6.18 Å². The molecule has 0 radical (unpaired) electrons. The molecule has 1 aromatic carbocycles. The lowest BCUT2D eigenvalue weighted by Gasteiger charge is -2.24. The Kier molecular flexibility index (Phi) is 4.88. The van der Waals surface area contributed by atoms with Crippen LogP contribution in [0.3, 0.4) is 0 Å². The normalized spacial score (nSPS) is 20.9. The first-order valence-electron chi connectivity index (χ1n) is 7.09. The number of hydrogen-bond donors (Lipinski definition) is 2. The number of carbonyl (C=O) groups excluding carboxylic acids is 1. The molecule has 1 aliphatic heterocycles. The maximum atomic E-state index is 12.5. The summed E-state index contributed by atoms with van der Waals surface area (Å²) in [4.78, 5) is 12.1. The average Bonchev–Trinajstić information content (AvgIpc) is 2.47. The number of piperidine rings is 1. The van der Waals surface area contributed by atoms with Gasteiger partial charge in [0.2, 0.25) is 5.91 Å². The Morgan fingerprint density at radius 1 is 1.29 bits per heavy atom. The van der Waals surface area contributed by atoms with Gasteiger partial charge < -0.3 is 10.6 Å². The summed E-state index contributed by atoms with van der Waals surface area (Å²) in [6.07, 6.45) is -1.46. The third-order valence-corrected chi connectivity index (χ3v) is 3.72. The molecular weight excluding hydrogens is 281 g/mol. The third-order valence-electron chi connectivity index (χ3n) is 3.72. The molecule has 1 aromatic rings. The van der Waals surface area contributed by atoms with E-state index in [2.05, 4.69) is 10.6 Å². The van der Waals surface area contributed by atoms with E-state index in [-0.39, 0.29) is 18.0 Å². The minimum atomic E-state index is -4.34. The van der Waals surface area contributed by atoms with Crippen LogP contribution in [0.5, 0.6) is 0 Å². The number of carbonyl (C=O) groups is 1. The molecule has 1 fully saturated rings. The Morgan fingerprint density at radius 3 is 2.48 bits per heavy atom. The van der Waals surface area contributed by atoms with Gasteiger partial charge in [0.1, 0.15) is 0 Å². The van der Waals surface area contributed by atoms with Crippen molar-refractivity contribution >= 4 is 5.91 Å². The van der Waals surface area contributed by atoms with Gasteiger partial charge in [0.05, 0.1) is 17.6 Å². The molecule has 21 heavy (non-hydrogen) atoms. The fraction of sp³-hybridized carbons (Fsp3) is 0.533. The minimum absolute atomic E-state index is 0.0953. The molecule has 2 atom stereocenters. The Labute approximate surface area is 121 Å². The van der Waals surface area contributed by atoms with Crippen LogP contribution in [-0.4, -0.2) is 18.5 Å². The van der Waals surface area contributed by atoms with Crippen molar-refractivity contribution in [2.24, 2.45) is 0 Å². The molecule has 0 saturated carbocycles. The maximum absolute atomic E-state index is 12.5. The highest BCUT2D eigenvalue weighted by Gasteiger charge is 2.30. The summed E-state index contributed by atoms with van der Waals surface area (Å²) in [5, 5.41) is 5.99. The summed E-state index contributed by atoms with van der Waals surface area (Å²) < 4.78 is 37.5. The number of halogens is 3. The van der Waals surface area contributed by atoms with E-state index in [4.69, 9.17) is 0 Å². The van der Waals surface area contributed by atoms with Crippen molar-refractivity contribution in [3.05, 3.63) is 35.4 Å². The maximum Gasteiger partial charge on any atom is 0.416 e. The minimum Gasteiger partial charge on any atom is -0.348 e. The fourth-order valence-corrected chi connectivity index (χ4v) is 2.43. The van der Waals surface area contributed by atoms with Crippen LogP contribution in [0.4, 0.5) is 13.2 Å². The van der Waals surface area contributed by atoms with E-state index in [0.29, 0.717) is 5.56 Å². The second kappa shape index (κ2) is 6.47. The highest BCUT2D eigenvalue weighted by Crippen LogP contribution is 2.29. The van der Waals surface area contributed by atoms with E-state index in [1.807, 2.05) is 0 Å². The zero-order valence-electron chi connectivity index (χ0n) is 11.8. The predicted octanol–water partition coefficient (Wildman–Crippen LogP) is 3.02. The molecule has 0 spiro atoms. The van der Waals surface area contributed by atoms with Crippen LogP contribution in [0.1, 0.15) is 43.4 Å². The Hall–Kier alpha value is -1.56. The van der Waals surface area contributed by atoms with Gasteiger partial charge in [-0.1, -0.05) is 18.6 Å². The number of amides is 1. The van der Waals surface area contributed by atoms with Crippen LogP contribution in [-0.2, 0) is 11.0 Å². The molecule has 1 aliphatic rings. The Balaban J connectivity index is 1.96. The van der Waals surface area contributed by atoms with Gasteiger partial charge in [0.15, 0.2) is 0 Å². The van der Waals surface area contributed by atoms with E-state index in [9.17, 15) is 18.0 Å². The van der Waals surface area contributed by atoms with Crippen LogP contribution in [0.25, 0.3) is 0 Å². The standard InChI is InChI=1S/C15H19F3N2O/c1-10(20-14(21)13-4-2-3-9-19-13)11-5-7-12(8-6-11)15(16,17)18/h5-8,10,13,19H,2-4,9H2,1H3,(H,20,21)/t10?,13-/m1/s1. The molecule has 3 nitrogen and oxygen atoms in total. The highest BCUT2D eigenvalue weighted by molar-refractivity contribution is 5.82. The van der Waals surface area contributed by atoms with Crippen molar-refractivity contribution in [2.75, 3.05) is 6.54 Å². The lowest BCUT2D eigenvalue weighted by Crippen LogP contribution is -2.47. The monoisotopic (exact) mass is 300 g/mol. The number of rotatable bonds is 3. The van der Waals surface area contributed by atoms with Gasteiger partial charge in [-0.25, -0.2) is 0 Å². The summed E-state index contributed by atoms with van der Waals surface area (Å²) in [6, 6.07) is 4.37. The van der Waals surface area contributed by atoms with Gasteiger partial charge in [-0.15, -0.1) is 0 Å². The summed E-state index contributed by atoms with van der Waals surface area (Å²) in [7, 11) is 0. The summed E-state index contributed by atoms with van der Waals surface area (Å²) in [5.41, 5.74) is -0.0223. The van der Waals surface area contributed by atoms with E-state index < -0.39 is 11.7 Å². The van der Waals surface area contributed by atoms with Crippen molar-refractivity contribution in [1.29, 1.82) is 0 Å². The first kappa shape index (κ1) is 15.8. The summed E-state index contributed by atoms with van der Waals surface area (Å²) in [5.74, 6) is -0.0953. The molecule has 0 aromatic heterocycles. The SMILES string of the molecule is CC(NC(=O)[C@H]1CCCCN1)c1ccc(C(F)(F)F)cc1. The topological polar surface area (TPSA) is 41.1 Å². The van der Waals surface area contributed by atoms with Crippen LogP contribution in [0.2, 0.25) is 0 Å². The van der Waals surface area contributed by atoms with Crippen molar-refractivity contribution in [2.45, 2.75) is 44.4 Å². The van der Waals surface area contributed by atoms with Gasteiger partial charge in [0, 0.05) is 0 Å². The van der Waals surface area contributed by atoms with E-state index in [1.54, 1.807) is 6.92 Å². The second-order valence-electron chi connectivity index (χ2n) is 5.35. The number of nitrogens with one attached hydrogen (secondary N) is 2. The zero-order chi connectivity index (χ0) is 15.5. The van der Waals surface area contributed by atoms with Crippen molar-refractivity contribution in [3.63, 3.8) is 0 Å². The molecule has 2 rings (SSSR count). The van der Waals surface area contributed by atoms with Crippen LogP contribution in [0.15, 0.2) is 24.3 Å². The zero-order valence-corrected chi connectivity index (χ0v) is 11.8. The quantitative estimate of drug-likeness (QED) is 0.901. The molecule has 0 aliphatic carbocycles. The van der Waals surface area contributed by atoms with E-state index in [0.717, 1.165) is 37.9 Å². The first-order valence-corrected chi connectivity index (χ1v) is 7.09. The molecule has 1 amide bonds. The number of benzene rings is 1. The molecule has 1 heterocycles. The molecule has 6 heteroatoms. The van der Waals surface area contributed by atoms with Crippen LogP contribution in [0, 0.1) is 0 Å². The Morgan fingerprint density at radius 2 is 1.95 bits per heavy atom. The van der Waals surface area contributed by atoms with E-state index in [1.165, 1.54) is 12.1 Å².